The van der Waals surface area contributed by atoms with E-state index in [1.807, 2.05) is 12.2 Å². The van der Waals surface area contributed by atoms with E-state index in [0.717, 1.165) is 12.8 Å². The molecule has 0 bridgehead atoms. The first-order chi connectivity index (χ1) is 13.4. The maximum atomic E-state index is 11.9. The molecule has 0 radical (unpaired) electrons. The average molecular weight is 392 g/mol. The van der Waals surface area contributed by atoms with Gasteiger partial charge in [0.15, 0.2) is 17.6 Å². The van der Waals surface area contributed by atoms with Crippen LogP contribution < -0.4 is 20.1 Å². The zero-order chi connectivity index (χ0) is 20.9. The zero-order valence-electron chi connectivity index (χ0n) is 16.7. The minimum Gasteiger partial charge on any atom is -0.490 e. The van der Waals surface area contributed by atoms with Gasteiger partial charge in [-0.1, -0.05) is 19.4 Å². The summed E-state index contributed by atoms with van der Waals surface area (Å²) in [4.78, 5) is 34.7. The monoisotopic (exact) mass is 392 g/mol. The van der Waals surface area contributed by atoms with Crippen molar-refractivity contribution in [3.8, 4) is 11.5 Å². The third-order valence-electron chi connectivity index (χ3n) is 3.56. The van der Waals surface area contributed by atoms with Crippen LogP contribution in [0.25, 0.3) is 6.08 Å². The van der Waals surface area contributed by atoms with Crippen LogP contribution >= 0.6 is 0 Å². The van der Waals surface area contributed by atoms with Crippen LogP contribution in [-0.2, 0) is 14.3 Å². The average Bonchev–Trinajstić information content (AvgIpc) is 2.67. The summed E-state index contributed by atoms with van der Waals surface area (Å²) in [5, 5.41) is 4.28. The van der Waals surface area contributed by atoms with Crippen LogP contribution in [-0.4, -0.2) is 44.3 Å². The van der Waals surface area contributed by atoms with Gasteiger partial charge < -0.3 is 19.5 Å². The second-order valence-electron chi connectivity index (χ2n) is 5.82. The Bertz CT molecular complexity index is 702. The van der Waals surface area contributed by atoms with E-state index < -0.39 is 24.0 Å². The van der Waals surface area contributed by atoms with E-state index in [0.29, 0.717) is 30.3 Å². The lowest BCUT2D eigenvalue weighted by Crippen LogP contribution is -2.43. The SMILES string of the molecule is CCCCOc1ccc(/C=C/C(=O)OC(C)C(=O)NC(=O)NC)cc1OCC. The molecule has 0 heterocycles. The van der Waals surface area contributed by atoms with Gasteiger partial charge in [-0.25, -0.2) is 9.59 Å². The number of esters is 1. The first-order valence-corrected chi connectivity index (χ1v) is 9.22. The van der Waals surface area contributed by atoms with Gasteiger partial charge in [0.05, 0.1) is 13.2 Å². The Kier molecular flexibility index (Phi) is 10.2. The van der Waals surface area contributed by atoms with Crippen molar-refractivity contribution in [1.82, 2.24) is 10.6 Å². The summed E-state index contributed by atoms with van der Waals surface area (Å²) >= 11 is 0. The third-order valence-corrected chi connectivity index (χ3v) is 3.56. The summed E-state index contributed by atoms with van der Waals surface area (Å²) in [6.45, 7) is 6.43. The van der Waals surface area contributed by atoms with Crippen molar-refractivity contribution < 1.29 is 28.6 Å². The van der Waals surface area contributed by atoms with Crippen molar-refractivity contribution in [2.75, 3.05) is 20.3 Å². The number of nitrogens with one attached hydrogen (secondary N) is 2. The van der Waals surface area contributed by atoms with E-state index >= 15 is 0 Å². The smallest absolute Gasteiger partial charge is 0.331 e. The van der Waals surface area contributed by atoms with E-state index in [1.165, 1.54) is 20.0 Å². The molecule has 0 aliphatic rings. The molecule has 1 unspecified atom stereocenters. The molecule has 1 rings (SSSR count). The number of hydrogen-bond donors (Lipinski definition) is 2. The molecule has 8 nitrogen and oxygen atoms in total. The number of rotatable bonds is 10. The Morgan fingerprint density at radius 2 is 1.89 bits per heavy atom. The standard InChI is InChI=1S/C20H28N2O6/c1-5-7-12-27-16-10-8-15(13-17(16)26-6-2)9-11-18(23)28-14(3)19(24)22-20(25)21-4/h8-11,13-14H,5-7,12H2,1-4H3,(H2,21,22,24,25)/b11-9+. The van der Waals surface area contributed by atoms with E-state index in [1.54, 1.807) is 24.3 Å². The van der Waals surface area contributed by atoms with Crippen molar-refractivity contribution in [1.29, 1.82) is 0 Å². The Labute approximate surface area is 165 Å². The number of unbranched alkanes of at least 4 members (excludes halogenated alkanes) is 1. The van der Waals surface area contributed by atoms with E-state index in [4.69, 9.17) is 14.2 Å². The predicted octanol–water partition coefficient (Wildman–Crippen LogP) is 2.66. The molecular formula is C20H28N2O6. The van der Waals surface area contributed by atoms with Crippen molar-refractivity contribution in [3.05, 3.63) is 29.8 Å². The van der Waals surface area contributed by atoms with Gasteiger partial charge in [-0.2, -0.15) is 0 Å². The van der Waals surface area contributed by atoms with Crippen LogP contribution in [0.5, 0.6) is 11.5 Å². The number of carbonyl (C=O) groups excluding carboxylic acids is 3. The fourth-order valence-electron chi connectivity index (χ4n) is 2.05. The van der Waals surface area contributed by atoms with Gasteiger partial charge in [0.1, 0.15) is 0 Å². The van der Waals surface area contributed by atoms with Crippen molar-refractivity contribution in [3.63, 3.8) is 0 Å². The van der Waals surface area contributed by atoms with E-state index in [2.05, 4.69) is 12.2 Å². The van der Waals surface area contributed by atoms with Gasteiger partial charge in [0.25, 0.3) is 5.91 Å². The minimum absolute atomic E-state index is 0.483. The number of hydrogen-bond acceptors (Lipinski definition) is 6. The Morgan fingerprint density at radius 3 is 2.54 bits per heavy atom. The number of urea groups is 1. The molecule has 1 aromatic rings. The fraction of sp³-hybridized carbons (Fsp3) is 0.450. The van der Waals surface area contributed by atoms with Crippen LogP contribution in [0.4, 0.5) is 4.79 Å². The van der Waals surface area contributed by atoms with Crippen molar-refractivity contribution >= 4 is 24.0 Å². The molecule has 28 heavy (non-hydrogen) atoms. The van der Waals surface area contributed by atoms with Crippen LogP contribution in [0.2, 0.25) is 0 Å². The summed E-state index contributed by atoms with van der Waals surface area (Å²) in [7, 11) is 1.37. The molecule has 0 aliphatic carbocycles. The lowest BCUT2D eigenvalue weighted by atomic mass is 10.2. The first-order valence-electron chi connectivity index (χ1n) is 9.22. The number of amides is 3. The number of ether oxygens (including phenoxy) is 3. The first kappa shape index (κ1) is 23.0. The summed E-state index contributed by atoms with van der Waals surface area (Å²) < 4.78 is 16.3. The topological polar surface area (TPSA) is 103 Å². The second-order valence-corrected chi connectivity index (χ2v) is 5.82. The van der Waals surface area contributed by atoms with Crippen molar-refractivity contribution in [2.24, 2.45) is 0 Å². The highest BCUT2D eigenvalue weighted by molar-refractivity contribution is 5.98. The van der Waals surface area contributed by atoms with Gasteiger partial charge in [-0.3, -0.25) is 10.1 Å². The molecule has 154 valence electrons. The molecule has 0 spiro atoms. The molecule has 0 aliphatic heterocycles. The maximum Gasteiger partial charge on any atom is 0.331 e. The summed E-state index contributed by atoms with van der Waals surface area (Å²) in [6.07, 6.45) is 3.62. The Morgan fingerprint density at radius 1 is 1.14 bits per heavy atom. The highest BCUT2D eigenvalue weighted by atomic mass is 16.5. The molecule has 1 aromatic carbocycles. The maximum absolute atomic E-state index is 11.9. The molecule has 0 saturated heterocycles. The Balaban J connectivity index is 2.71. The van der Waals surface area contributed by atoms with Crippen LogP contribution in [0.1, 0.15) is 39.2 Å². The number of carbonyl (C=O) groups is 3. The predicted molar refractivity (Wildman–Crippen MR) is 105 cm³/mol. The molecule has 1 atom stereocenters. The van der Waals surface area contributed by atoms with Crippen LogP contribution in [0.3, 0.4) is 0 Å². The minimum atomic E-state index is -1.11. The molecular weight excluding hydrogens is 364 g/mol. The zero-order valence-corrected chi connectivity index (χ0v) is 16.7. The fourth-order valence-corrected chi connectivity index (χ4v) is 2.05. The normalized spacial score (nSPS) is 11.6. The third kappa shape index (κ3) is 8.11. The molecule has 3 amide bonds. The summed E-state index contributed by atoms with van der Waals surface area (Å²) in [6, 6.07) is 4.66. The summed E-state index contributed by atoms with van der Waals surface area (Å²) in [5.74, 6) is -0.184. The van der Waals surface area contributed by atoms with Gasteiger partial charge in [0.2, 0.25) is 0 Å². The van der Waals surface area contributed by atoms with Crippen LogP contribution in [0.15, 0.2) is 24.3 Å². The molecule has 2 N–H and O–H groups in total. The summed E-state index contributed by atoms with van der Waals surface area (Å²) in [5.41, 5.74) is 0.714. The van der Waals surface area contributed by atoms with E-state index in [-0.39, 0.29) is 0 Å². The number of imide groups is 1. The van der Waals surface area contributed by atoms with Gasteiger partial charge in [0, 0.05) is 13.1 Å². The second kappa shape index (κ2) is 12.4. The Hall–Kier alpha value is -3.03. The van der Waals surface area contributed by atoms with E-state index in [9.17, 15) is 14.4 Å². The largest absolute Gasteiger partial charge is 0.490 e. The van der Waals surface area contributed by atoms with Crippen molar-refractivity contribution in [2.45, 2.75) is 39.7 Å². The van der Waals surface area contributed by atoms with Gasteiger partial charge in [-0.15, -0.1) is 0 Å². The molecule has 0 fully saturated rings. The van der Waals surface area contributed by atoms with Gasteiger partial charge >= 0.3 is 12.0 Å². The highest BCUT2D eigenvalue weighted by Gasteiger charge is 2.18. The van der Waals surface area contributed by atoms with Gasteiger partial charge in [-0.05, 0) is 44.0 Å². The molecule has 8 heteroatoms. The quantitative estimate of drug-likeness (QED) is 0.360. The molecule has 0 saturated carbocycles. The number of benzene rings is 1. The highest BCUT2D eigenvalue weighted by Crippen LogP contribution is 2.29. The lowest BCUT2D eigenvalue weighted by Gasteiger charge is -2.12. The van der Waals surface area contributed by atoms with Crippen LogP contribution in [0, 0.1) is 0 Å². The lowest BCUT2D eigenvalue weighted by molar-refractivity contribution is -0.149. The molecule has 0 aromatic heterocycles.